The van der Waals surface area contributed by atoms with E-state index in [-0.39, 0.29) is 24.6 Å². The third kappa shape index (κ3) is 2.34. The first kappa shape index (κ1) is 14.5. The molecule has 0 saturated heterocycles. The maximum absolute atomic E-state index is 12.8. The average molecular weight is 293 g/mol. The second-order valence-electron chi connectivity index (χ2n) is 5.45. The van der Waals surface area contributed by atoms with Crippen molar-refractivity contribution in [3.63, 3.8) is 0 Å². The summed E-state index contributed by atoms with van der Waals surface area (Å²) in [6.45, 7) is 3.71. The first-order chi connectivity index (χ1) is 10.8. The van der Waals surface area contributed by atoms with Crippen LogP contribution in [0.3, 0.4) is 0 Å². The Bertz CT molecular complexity index is 681. The number of aliphatic hydroxyl groups excluding tert-OH is 1. The Morgan fingerprint density at radius 2 is 1.82 bits per heavy atom. The van der Waals surface area contributed by atoms with Crippen LogP contribution < -0.4 is 0 Å². The molecule has 1 heterocycles. The Morgan fingerprint density at radius 1 is 1.14 bits per heavy atom. The van der Waals surface area contributed by atoms with Crippen molar-refractivity contribution in [2.24, 2.45) is 0 Å². The van der Waals surface area contributed by atoms with Crippen molar-refractivity contribution in [2.45, 2.75) is 18.5 Å². The van der Waals surface area contributed by atoms with Crippen molar-refractivity contribution in [1.29, 1.82) is 0 Å². The Balaban J connectivity index is 2.05. The molecule has 0 saturated carbocycles. The predicted molar refractivity (Wildman–Crippen MR) is 86.4 cm³/mol. The molecule has 1 aliphatic rings. The highest BCUT2D eigenvalue weighted by atomic mass is 16.3. The molecule has 1 aliphatic heterocycles. The summed E-state index contributed by atoms with van der Waals surface area (Å²) >= 11 is 0. The molecule has 3 nitrogen and oxygen atoms in total. The molecule has 0 spiro atoms. The van der Waals surface area contributed by atoms with Crippen LogP contribution in [0, 0.1) is 0 Å². The highest BCUT2D eigenvalue weighted by Gasteiger charge is 2.39. The lowest BCUT2D eigenvalue weighted by Crippen LogP contribution is -2.34. The molecule has 0 unspecified atom stereocenters. The zero-order valence-electron chi connectivity index (χ0n) is 12.4. The molecule has 2 aromatic carbocycles. The second kappa shape index (κ2) is 6.16. The lowest BCUT2D eigenvalue weighted by atomic mass is 10.0. The van der Waals surface area contributed by atoms with Gasteiger partial charge < -0.3 is 10.0 Å². The molecule has 1 N–H and O–H groups in total. The third-order valence-electron chi connectivity index (χ3n) is 4.20. The highest BCUT2D eigenvalue weighted by Crippen LogP contribution is 2.41. The number of rotatable bonds is 5. The van der Waals surface area contributed by atoms with E-state index in [1.54, 1.807) is 4.90 Å². The van der Waals surface area contributed by atoms with E-state index in [1.165, 1.54) is 0 Å². The minimum Gasteiger partial charge on any atom is -0.394 e. The molecule has 3 heteroatoms. The van der Waals surface area contributed by atoms with Crippen LogP contribution in [-0.4, -0.2) is 22.5 Å². The summed E-state index contributed by atoms with van der Waals surface area (Å²) in [7, 11) is 0. The van der Waals surface area contributed by atoms with E-state index in [2.05, 4.69) is 6.58 Å². The topological polar surface area (TPSA) is 40.5 Å². The number of nitrogens with zero attached hydrogens (tertiary/aromatic N) is 1. The van der Waals surface area contributed by atoms with E-state index >= 15 is 0 Å². The van der Waals surface area contributed by atoms with Crippen molar-refractivity contribution in [1.82, 2.24) is 4.90 Å². The predicted octanol–water partition coefficient (Wildman–Crippen LogP) is 3.49. The molecule has 3 rings (SSSR count). The molecule has 22 heavy (non-hydrogen) atoms. The van der Waals surface area contributed by atoms with Crippen LogP contribution in [0.1, 0.15) is 40.0 Å². The Morgan fingerprint density at radius 3 is 2.50 bits per heavy atom. The minimum atomic E-state index is -0.342. The fourth-order valence-corrected chi connectivity index (χ4v) is 3.20. The number of hydrogen-bond acceptors (Lipinski definition) is 2. The van der Waals surface area contributed by atoms with Gasteiger partial charge in [0.1, 0.15) is 0 Å². The molecule has 112 valence electrons. The summed E-state index contributed by atoms with van der Waals surface area (Å²) in [5, 5.41) is 9.90. The van der Waals surface area contributed by atoms with Crippen LogP contribution in [-0.2, 0) is 0 Å². The molecule has 0 radical (unpaired) electrons. The molecular weight excluding hydrogens is 274 g/mol. The number of fused-ring (bicyclic) bond motifs is 1. The molecule has 0 bridgehead atoms. The summed E-state index contributed by atoms with van der Waals surface area (Å²) < 4.78 is 0. The Kier molecular flexibility index (Phi) is 4.07. The number of aliphatic hydroxyl groups is 1. The van der Waals surface area contributed by atoms with Crippen LogP contribution in [0.2, 0.25) is 0 Å². The number of carbonyl (C=O) groups excluding carboxylic acids is 1. The van der Waals surface area contributed by atoms with Gasteiger partial charge in [0.2, 0.25) is 0 Å². The molecule has 0 aromatic heterocycles. The summed E-state index contributed by atoms with van der Waals surface area (Å²) in [6.07, 6.45) is 2.50. The number of benzene rings is 2. The maximum atomic E-state index is 12.8. The minimum absolute atomic E-state index is 0.0228. The lowest BCUT2D eigenvalue weighted by molar-refractivity contribution is 0.0520. The Hall–Kier alpha value is -2.39. The summed E-state index contributed by atoms with van der Waals surface area (Å²) in [5.74, 6) is -0.0228. The van der Waals surface area contributed by atoms with Gasteiger partial charge in [-0.3, -0.25) is 4.79 Å². The van der Waals surface area contributed by atoms with Crippen LogP contribution in [0.25, 0.3) is 0 Å². The van der Waals surface area contributed by atoms with E-state index in [4.69, 9.17) is 0 Å². The smallest absolute Gasteiger partial charge is 0.255 e. The van der Waals surface area contributed by atoms with Gasteiger partial charge in [0.25, 0.3) is 5.91 Å². The van der Waals surface area contributed by atoms with E-state index in [0.717, 1.165) is 16.7 Å². The van der Waals surface area contributed by atoms with E-state index in [0.29, 0.717) is 6.42 Å². The number of hydrogen-bond donors (Lipinski definition) is 1. The number of carbonyl (C=O) groups is 1. The average Bonchev–Trinajstić information content (AvgIpc) is 2.84. The largest absolute Gasteiger partial charge is 0.394 e. The fourth-order valence-electron chi connectivity index (χ4n) is 3.20. The maximum Gasteiger partial charge on any atom is 0.255 e. The van der Waals surface area contributed by atoms with Gasteiger partial charge in [-0.05, 0) is 23.6 Å². The van der Waals surface area contributed by atoms with Crippen LogP contribution >= 0.6 is 0 Å². The lowest BCUT2D eigenvalue weighted by Gasteiger charge is -2.32. The highest BCUT2D eigenvalue weighted by molar-refractivity contribution is 5.99. The van der Waals surface area contributed by atoms with Gasteiger partial charge in [-0.1, -0.05) is 54.6 Å². The first-order valence-corrected chi connectivity index (χ1v) is 7.46. The zero-order chi connectivity index (χ0) is 15.5. The molecular formula is C19H19NO2. The molecule has 2 atom stereocenters. The SMILES string of the molecule is C=CC[C@H]1c2ccccc2C(=O)N1[C@H](CO)c1ccccc1. The van der Waals surface area contributed by atoms with Crippen molar-refractivity contribution < 1.29 is 9.90 Å². The van der Waals surface area contributed by atoms with Gasteiger partial charge in [-0.15, -0.1) is 6.58 Å². The molecule has 2 aromatic rings. The second-order valence-corrected chi connectivity index (χ2v) is 5.45. The first-order valence-electron chi connectivity index (χ1n) is 7.46. The Labute approximate surface area is 130 Å². The normalized spacial score (nSPS) is 18.1. The van der Waals surface area contributed by atoms with E-state index < -0.39 is 0 Å². The molecule has 0 fully saturated rings. The fraction of sp³-hybridized carbons (Fsp3) is 0.211. The van der Waals surface area contributed by atoms with Gasteiger partial charge in [-0.2, -0.15) is 0 Å². The van der Waals surface area contributed by atoms with Crippen LogP contribution in [0.5, 0.6) is 0 Å². The van der Waals surface area contributed by atoms with Crippen molar-refractivity contribution in [2.75, 3.05) is 6.61 Å². The standard InChI is InChI=1S/C19H19NO2/c1-2-8-17-15-11-6-7-12-16(15)19(22)20(17)18(13-21)14-9-4-3-5-10-14/h2-7,9-12,17-18,21H,1,8,13H2/t17-,18+/m0/s1. The molecule has 1 amide bonds. The quantitative estimate of drug-likeness (QED) is 0.857. The van der Waals surface area contributed by atoms with Crippen molar-refractivity contribution >= 4 is 5.91 Å². The van der Waals surface area contributed by atoms with Gasteiger partial charge in [-0.25, -0.2) is 0 Å². The van der Waals surface area contributed by atoms with Gasteiger partial charge in [0.15, 0.2) is 0 Å². The molecule has 0 aliphatic carbocycles. The monoisotopic (exact) mass is 293 g/mol. The van der Waals surface area contributed by atoms with E-state index in [9.17, 15) is 9.90 Å². The van der Waals surface area contributed by atoms with Gasteiger partial charge in [0, 0.05) is 5.56 Å². The van der Waals surface area contributed by atoms with E-state index in [1.807, 2.05) is 60.7 Å². The van der Waals surface area contributed by atoms with Crippen LogP contribution in [0.4, 0.5) is 0 Å². The third-order valence-corrected chi connectivity index (χ3v) is 4.20. The van der Waals surface area contributed by atoms with Crippen molar-refractivity contribution in [3.05, 3.63) is 83.9 Å². The van der Waals surface area contributed by atoms with Gasteiger partial charge >= 0.3 is 0 Å². The van der Waals surface area contributed by atoms with Crippen LogP contribution in [0.15, 0.2) is 67.3 Å². The number of amides is 1. The van der Waals surface area contributed by atoms with Crippen molar-refractivity contribution in [3.8, 4) is 0 Å². The zero-order valence-corrected chi connectivity index (χ0v) is 12.4. The summed E-state index contributed by atoms with van der Waals surface area (Å²) in [5.41, 5.74) is 2.69. The van der Waals surface area contributed by atoms with Gasteiger partial charge in [0.05, 0.1) is 18.7 Å². The summed E-state index contributed by atoms with van der Waals surface area (Å²) in [4.78, 5) is 14.6. The summed E-state index contributed by atoms with van der Waals surface area (Å²) in [6, 6.07) is 16.9.